The van der Waals surface area contributed by atoms with Crippen molar-refractivity contribution in [3.8, 4) is 22.4 Å². The van der Waals surface area contributed by atoms with Crippen molar-refractivity contribution >= 4 is 16.9 Å². The van der Waals surface area contributed by atoms with Gasteiger partial charge in [0.05, 0.1) is 30.1 Å². The van der Waals surface area contributed by atoms with Gasteiger partial charge in [0.15, 0.2) is 0 Å². The monoisotopic (exact) mass is 465 g/mol. The SMILES string of the molecule is COC(=O)c1ccc(-c2ccc(=O)n(CCc3ccc4ncc(-c5cnn(C)c5)cc4c3)n2)cc1. The average Bonchev–Trinajstić information content (AvgIpc) is 3.33. The van der Waals surface area contributed by atoms with E-state index in [2.05, 4.69) is 27.3 Å². The number of fused-ring (bicyclic) bond motifs is 1. The quantitative estimate of drug-likeness (QED) is 0.353. The summed E-state index contributed by atoms with van der Waals surface area (Å²) in [5.41, 5.74) is 5.78. The van der Waals surface area contributed by atoms with Gasteiger partial charge in [-0.1, -0.05) is 18.2 Å². The summed E-state index contributed by atoms with van der Waals surface area (Å²) >= 11 is 0. The molecule has 5 aromatic rings. The smallest absolute Gasteiger partial charge is 0.337 e. The summed E-state index contributed by atoms with van der Waals surface area (Å²) in [5, 5.41) is 9.80. The van der Waals surface area contributed by atoms with Gasteiger partial charge in [-0.2, -0.15) is 10.2 Å². The summed E-state index contributed by atoms with van der Waals surface area (Å²) in [6, 6.07) is 18.4. The van der Waals surface area contributed by atoms with Crippen LogP contribution in [0.1, 0.15) is 15.9 Å². The zero-order valence-electron chi connectivity index (χ0n) is 19.4. The Kier molecular flexibility index (Phi) is 5.93. The minimum atomic E-state index is -0.396. The highest BCUT2D eigenvalue weighted by molar-refractivity contribution is 5.89. The Morgan fingerprint density at radius 3 is 2.51 bits per heavy atom. The molecule has 0 aliphatic carbocycles. The molecule has 0 saturated carbocycles. The molecular weight excluding hydrogens is 442 g/mol. The second-order valence-corrected chi connectivity index (χ2v) is 8.25. The van der Waals surface area contributed by atoms with Crippen LogP contribution in [0.25, 0.3) is 33.3 Å². The molecule has 0 N–H and O–H groups in total. The lowest BCUT2D eigenvalue weighted by atomic mass is 10.1. The van der Waals surface area contributed by atoms with E-state index < -0.39 is 5.97 Å². The van der Waals surface area contributed by atoms with E-state index >= 15 is 0 Å². The zero-order chi connectivity index (χ0) is 24.4. The molecule has 3 heterocycles. The van der Waals surface area contributed by atoms with Gasteiger partial charge in [-0.3, -0.25) is 14.5 Å². The van der Waals surface area contributed by atoms with Gasteiger partial charge in [-0.15, -0.1) is 0 Å². The summed E-state index contributed by atoms with van der Waals surface area (Å²) in [7, 11) is 3.23. The molecule has 0 aliphatic heterocycles. The molecule has 0 radical (unpaired) electrons. The summed E-state index contributed by atoms with van der Waals surface area (Å²) in [4.78, 5) is 28.7. The first-order valence-corrected chi connectivity index (χ1v) is 11.1. The number of aryl methyl sites for hydroxylation is 3. The standard InChI is InChI=1S/C27H23N5O3/c1-31-17-23(16-29-31)22-14-21-13-18(3-8-24(21)28-15-22)11-12-32-26(33)10-9-25(30-32)19-4-6-20(7-5-19)27(34)35-2/h3-10,13-17H,11-12H2,1-2H3. The van der Waals surface area contributed by atoms with Crippen LogP contribution in [0.15, 0.2) is 84.0 Å². The fraction of sp³-hybridized carbons (Fsp3) is 0.148. The maximum atomic E-state index is 12.4. The second kappa shape index (κ2) is 9.34. The first-order valence-electron chi connectivity index (χ1n) is 11.1. The van der Waals surface area contributed by atoms with Crippen LogP contribution in [0, 0.1) is 0 Å². The van der Waals surface area contributed by atoms with Crippen LogP contribution >= 0.6 is 0 Å². The fourth-order valence-electron chi connectivity index (χ4n) is 3.96. The number of nitrogens with zero attached hydrogens (tertiary/aromatic N) is 5. The van der Waals surface area contributed by atoms with Crippen LogP contribution in [0.5, 0.6) is 0 Å². The van der Waals surface area contributed by atoms with E-state index in [0.717, 1.165) is 33.2 Å². The highest BCUT2D eigenvalue weighted by Crippen LogP contribution is 2.23. The van der Waals surface area contributed by atoms with Crippen molar-refractivity contribution in [1.82, 2.24) is 24.5 Å². The van der Waals surface area contributed by atoms with Gasteiger partial charge in [-0.25, -0.2) is 9.48 Å². The van der Waals surface area contributed by atoms with Crippen LogP contribution in [-0.2, 0) is 24.8 Å². The van der Waals surface area contributed by atoms with E-state index in [4.69, 9.17) is 4.74 Å². The lowest BCUT2D eigenvalue weighted by molar-refractivity contribution is 0.0600. The molecule has 35 heavy (non-hydrogen) atoms. The third-order valence-corrected chi connectivity index (χ3v) is 5.86. The minimum Gasteiger partial charge on any atom is -0.465 e. The van der Waals surface area contributed by atoms with Crippen molar-refractivity contribution in [1.29, 1.82) is 0 Å². The third-order valence-electron chi connectivity index (χ3n) is 5.86. The molecule has 0 spiro atoms. The largest absolute Gasteiger partial charge is 0.465 e. The van der Waals surface area contributed by atoms with Crippen molar-refractivity contribution in [2.24, 2.45) is 7.05 Å². The predicted molar refractivity (Wildman–Crippen MR) is 133 cm³/mol. The van der Waals surface area contributed by atoms with Gasteiger partial charge in [0.2, 0.25) is 0 Å². The molecular formula is C27H23N5O3. The van der Waals surface area contributed by atoms with Crippen LogP contribution in [-0.4, -0.2) is 37.6 Å². The number of hydrogen-bond acceptors (Lipinski definition) is 6. The van der Waals surface area contributed by atoms with Gasteiger partial charge in [0, 0.05) is 54.1 Å². The Hall–Kier alpha value is -4.59. The molecule has 5 rings (SSSR count). The molecule has 0 aliphatic rings. The van der Waals surface area contributed by atoms with E-state index in [9.17, 15) is 9.59 Å². The fourth-order valence-corrected chi connectivity index (χ4v) is 3.96. The van der Waals surface area contributed by atoms with Crippen LogP contribution in [0.4, 0.5) is 0 Å². The molecule has 0 unspecified atom stereocenters. The maximum Gasteiger partial charge on any atom is 0.337 e. The number of carbonyl (C=O) groups excluding carboxylic acids is 1. The number of carbonyl (C=O) groups is 1. The van der Waals surface area contributed by atoms with Crippen molar-refractivity contribution in [2.45, 2.75) is 13.0 Å². The molecule has 0 fully saturated rings. The lowest BCUT2D eigenvalue weighted by Crippen LogP contribution is -2.23. The Labute approximate surface area is 201 Å². The number of rotatable bonds is 6. The van der Waals surface area contributed by atoms with Crippen LogP contribution < -0.4 is 5.56 Å². The van der Waals surface area contributed by atoms with Gasteiger partial charge in [-0.05, 0) is 48.4 Å². The number of hydrogen-bond donors (Lipinski definition) is 0. The Bertz CT molecular complexity index is 1590. The number of benzene rings is 2. The number of ether oxygens (including phenoxy) is 1. The number of pyridine rings is 1. The van der Waals surface area contributed by atoms with E-state index in [-0.39, 0.29) is 5.56 Å². The van der Waals surface area contributed by atoms with Crippen molar-refractivity contribution in [3.05, 3.63) is 101 Å². The summed E-state index contributed by atoms with van der Waals surface area (Å²) < 4.78 is 7.98. The summed E-state index contributed by atoms with van der Waals surface area (Å²) in [5.74, 6) is -0.396. The molecule has 0 amide bonds. The third kappa shape index (κ3) is 4.72. The Balaban J connectivity index is 1.36. The van der Waals surface area contributed by atoms with Gasteiger partial charge >= 0.3 is 5.97 Å². The van der Waals surface area contributed by atoms with Gasteiger partial charge < -0.3 is 4.74 Å². The second-order valence-electron chi connectivity index (χ2n) is 8.25. The highest BCUT2D eigenvalue weighted by Gasteiger charge is 2.09. The number of esters is 1. The molecule has 0 saturated heterocycles. The molecule has 8 nitrogen and oxygen atoms in total. The maximum absolute atomic E-state index is 12.4. The lowest BCUT2D eigenvalue weighted by Gasteiger charge is -2.09. The first-order chi connectivity index (χ1) is 17.0. The van der Waals surface area contributed by atoms with Gasteiger partial charge in [0.1, 0.15) is 0 Å². The molecule has 8 heteroatoms. The van der Waals surface area contributed by atoms with E-state index in [1.807, 2.05) is 37.8 Å². The highest BCUT2D eigenvalue weighted by atomic mass is 16.5. The number of aromatic nitrogens is 5. The zero-order valence-corrected chi connectivity index (χ0v) is 19.4. The van der Waals surface area contributed by atoms with Crippen LogP contribution in [0.2, 0.25) is 0 Å². The van der Waals surface area contributed by atoms with Gasteiger partial charge in [0.25, 0.3) is 5.56 Å². The molecule has 2 aromatic carbocycles. The van der Waals surface area contributed by atoms with Crippen molar-refractivity contribution < 1.29 is 9.53 Å². The van der Waals surface area contributed by atoms with Crippen molar-refractivity contribution in [3.63, 3.8) is 0 Å². The molecule has 174 valence electrons. The number of methoxy groups -OCH3 is 1. The Morgan fingerprint density at radius 1 is 0.943 bits per heavy atom. The van der Waals surface area contributed by atoms with E-state index in [1.165, 1.54) is 17.9 Å². The van der Waals surface area contributed by atoms with Crippen LogP contribution in [0.3, 0.4) is 0 Å². The molecule has 0 atom stereocenters. The predicted octanol–water partition coefficient (Wildman–Crippen LogP) is 3.89. The van der Waals surface area contributed by atoms with E-state index in [1.54, 1.807) is 35.0 Å². The summed E-state index contributed by atoms with van der Waals surface area (Å²) in [6.07, 6.45) is 6.28. The van der Waals surface area contributed by atoms with Crippen molar-refractivity contribution in [2.75, 3.05) is 7.11 Å². The molecule has 0 bridgehead atoms. The summed E-state index contributed by atoms with van der Waals surface area (Å²) in [6.45, 7) is 0.439. The first kappa shape index (κ1) is 22.2. The Morgan fingerprint density at radius 2 is 1.77 bits per heavy atom. The topological polar surface area (TPSA) is 91.9 Å². The van der Waals surface area contributed by atoms with E-state index in [0.29, 0.717) is 24.2 Å². The molecule has 3 aromatic heterocycles. The normalized spacial score (nSPS) is 11.0. The minimum absolute atomic E-state index is 0.166. The average molecular weight is 466 g/mol.